The molecule has 2 heterocycles. The minimum atomic E-state index is -0.151. The van der Waals surface area contributed by atoms with Crippen LogP contribution in [0.1, 0.15) is 39.8 Å². The van der Waals surface area contributed by atoms with Gasteiger partial charge in [-0.3, -0.25) is 4.79 Å². The molecule has 0 saturated carbocycles. The van der Waals surface area contributed by atoms with Gasteiger partial charge in [-0.15, -0.1) is 0 Å². The Morgan fingerprint density at radius 2 is 2.07 bits per heavy atom. The number of aryl methyl sites for hydroxylation is 2. The molecule has 1 aromatic heterocycles. The molecule has 1 atom stereocenters. The molecule has 0 saturated heterocycles. The third kappa shape index (κ3) is 2.86. The molecule has 0 N–H and O–H groups in total. The normalized spacial score (nSPS) is 16.1. The highest BCUT2D eigenvalue weighted by Crippen LogP contribution is 2.43. The molecule has 3 aromatic rings. The largest absolute Gasteiger partial charge is 0.483 e. The van der Waals surface area contributed by atoms with Crippen LogP contribution in [0.4, 0.5) is 0 Å². The molecule has 0 fully saturated rings. The first-order chi connectivity index (χ1) is 12.9. The van der Waals surface area contributed by atoms with E-state index in [0.29, 0.717) is 16.3 Å². The lowest BCUT2D eigenvalue weighted by molar-refractivity contribution is 0.0823. The number of benzene rings is 2. The summed E-state index contributed by atoms with van der Waals surface area (Å²) in [4.78, 5) is 19.1. The highest BCUT2D eigenvalue weighted by atomic mass is 35.5. The first-order valence-corrected chi connectivity index (χ1v) is 9.38. The number of hydrogen-bond donors (Lipinski definition) is 0. The first-order valence-electron chi connectivity index (χ1n) is 9.00. The van der Waals surface area contributed by atoms with E-state index < -0.39 is 0 Å². The summed E-state index contributed by atoms with van der Waals surface area (Å²) in [6, 6.07) is 9.69. The van der Waals surface area contributed by atoms with Gasteiger partial charge in [0.2, 0.25) is 0 Å². The molecule has 4 rings (SSSR count). The molecule has 6 heteroatoms. The lowest BCUT2D eigenvalue weighted by Crippen LogP contribution is -2.25. The molecule has 1 aliphatic heterocycles. The Morgan fingerprint density at radius 3 is 2.78 bits per heavy atom. The molecule has 2 aromatic carbocycles. The molecule has 0 spiro atoms. The van der Waals surface area contributed by atoms with Crippen molar-refractivity contribution in [2.24, 2.45) is 7.05 Å². The third-order valence-corrected chi connectivity index (χ3v) is 5.61. The average molecular weight is 384 g/mol. The van der Waals surface area contributed by atoms with Gasteiger partial charge in [0.1, 0.15) is 17.4 Å². The maximum Gasteiger partial charge on any atom is 0.253 e. The maximum absolute atomic E-state index is 12.8. The highest BCUT2D eigenvalue weighted by Gasteiger charge is 2.30. The minimum Gasteiger partial charge on any atom is -0.483 e. The van der Waals surface area contributed by atoms with Crippen molar-refractivity contribution in [1.82, 2.24) is 14.5 Å². The second kappa shape index (κ2) is 6.57. The van der Waals surface area contributed by atoms with Gasteiger partial charge in [0, 0.05) is 42.9 Å². The van der Waals surface area contributed by atoms with E-state index >= 15 is 0 Å². The van der Waals surface area contributed by atoms with Crippen molar-refractivity contribution in [3.63, 3.8) is 0 Å². The summed E-state index contributed by atoms with van der Waals surface area (Å²) < 4.78 is 8.41. The number of imidazole rings is 1. The van der Waals surface area contributed by atoms with Gasteiger partial charge >= 0.3 is 0 Å². The number of halogens is 1. The van der Waals surface area contributed by atoms with E-state index in [0.717, 1.165) is 40.8 Å². The van der Waals surface area contributed by atoms with Gasteiger partial charge in [0.05, 0.1) is 5.52 Å². The molecule has 140 valence electrons. The van der Waals surface area contributed by atoms with Crippen LogP contribution in [0.2, 0.25) is 5.02 Å². The summed E-state index contributed by atoms with van der Waals surface area (Å²) in [5.41, 5.74) is 4.29. The predicted molar refractivity (Wildman–Crippen MR) is 107 cm³/mol. The number of carbonyl (C=O) groups is 1. The van der Waals surface area contributed by atoms with E-state index in [2.05, 4.69) is 0 Å². The maximum atomic E-state index is 12.8. The summed E-state index contributed by atoms with van der Waals surface area (Å²) in [6.07, 6.45) is 1.36. The Labute approximate surface area is 163 Å². The Kier molecular flexibility index (Phi) is 4.35. The zero-order chi connectivity index (χ0) is 19.3. The Hall–Kier alpha value is -2.53. The second-order valence-electron chi connectivity index (χ2n) is 7.18. The molecule has 5 nitrogen and oxygen atoms in total. The molecule has 0 aliphatic carbocycles. The average Bonchev–Trinajstić information content (AvgIpc) is 2.95. The highest BCUT2D eigenvalue weighted by molar-refractivity contribution is 6.31. The monoisotopic (exact) mass is 383 g/mol. The van der Waals surface area contributed by atoms with Gasteiger partial charge < -0.3 is 14.2 Å². The van der Waals surface area contributed by atoms with Gasteiger partial charge in [0.15, 0.2) is 5.75 Å². The molecule has 27 heavy (non-hydrogen) atoms. The SMILES string of the molecule is Cc1nc2c3c(c(C(=O)N(C)C)cc2n1C)CC[C@@H](c1ccccc1Cl)O3. The summed E-state index contributed by atoms with van der Waals surface area (Å²) in [6.45, 7) is 1.95. The number of carbonyl (C=O) groups excluding carboxylic acids is 1. The van der Waals surface area contributed by atoms with Crippen LogP contribution in [0.3, 0.4) is 0 Å². The molecule has 1 aliphatic rings. The molecular weight excluding hydrogens is 362 g/mol. The van der Waals surface area contributed by atoms with Gasteiger partial charge in [0.25, 0.3) is 5.91 Å². The number of aromatic nitrogens is 2. The number of hydrogen-bond acceptors (Lipinski definition) is 3. The topological polar surface area (TPSA) is 47.4 Å². The van der Waals surface area contributed by atoms with Crippen molar-refractivity contribution in [2.75, 3.05) is 14.1 Å². The molecule has 0 radical (unpaired) electrons. The number of nitrogens with zero attached hydrogens (tertiary/aromatic N) is 3. The Bertz CT molecular complexity index is 1060. The molecule has 1 amide bonds. The lowest BCUT2D eigenvalue weighted by Gasteiger charge is -2.29. The summed E-state index contributed by atoms with van der Waals surface area (Å²) in [7, 11) is 5.49. The predicted octanol–water partition coefficient (Wildman–Crippen LogP) is 4.30. The third-order valence-electron chi connectivity index (χ3n) is 5.26. The van der Waals surface area contributed by atoms with Gasteiger partial charge in [-0.05, 0) is 31.9 Å². The zero-order valence-corrected chi connectivity index (χ0v) is 16.7. The fourth-order valence-electron chi connectivity index (χ4n) is 3.69. The van der Waals surface area contributed by atoms with Crippen LogP contribution in [-0.2, 0) is 13.5 Å². The Morgan fingerprint density at radius 1 is 1.33 bits per heavy atom. The van der Waals surface area contributed by atoms with E-state index in [9.17, 15) is 4.79 Å². The quantitative estimate of drug-likeness (QED) is 0.662. The van der Waals surface area contributed by atoms with E-state index in [4.69, 9.17) is 21.3 Å². The van der Waals surface area contributed by atoms with Crippen LogP contribution in [0.5, 0.6) is 5.75 Å². The van der Waals surface area contributed by atoms with Crippen molar-refractivity contribution < 1.29 is 9.53 Å². The van der Waals surface area contributed by atoms with E-state index in [1.165, 1.54) is 0 Å². The number of fused-ring (bicyclic) bond motifs is 3. The molecule has 0 bridgehead atoms. The van der Waals surface area contributed by atoms with Crippen molar-refractivity contribution in [1.29, 1.82) is 0 Å². The fraction of sp³-hybridized carbons (Fsp3) is 0.333. The van der Waals surface area contributed by atoms with Crippen LogP contribution in [0, 0.1) is 6.92 Å². The van der Waals surface area contributed by atoms with Crippen LogP contribution >= 0.6 is 11.6 Å². The minimum absolute atomic E-state index is 0.0215. The number of ether oxygens (including phenoxy) is 1. The van der Waals surface area contributed by atoms with E-state index in [1.807, 2.05) is 48.9 Å². The number of rotatable bonds is 2. The van der Waals surface area contributed by atoms with E-state index in [-0.39, 0.29) is 12.0 Å². The zero-order valence-electron chi connectivity index (χ0n) is 15.9. The van der Waals surface area contributed by atoms with Crippen molar-refractivity contribution in [3.05, 3.63) is 57.9 Å². The summed E-state index contributed by atoms with van der Waals surface area (Å²) in [5.74, 6) is 1.56. The van der Waals surface area contributed by atoms with Crippen LogP contribution in [0.15, 0.2) is 30.3 Å². The van der Waals surface area contributed by atoms with Crippen LogP contribution in [-0.4, -0.2) is 34.5 Å². The molecular formula is C21H22ClN3O2. The van der Waals surface area contributed by atoms with Crippen molar-refractivity contribution in [2.45, 2.75) is 25.9 Å². The molecule has 0 unspecified atom stereocenters. The summed E-state index contributed by atoms with van der Waals surface area (Å²) in [5, 5.41) is 0.694. The fourth-order valence-corrected chi connectivity index (χ4v) is 3.94. The lowest BCUT2D eigenvalue weighted by atomic mass is 9.93. The van der Waals surface area contributed by atoms with E-state index in [1.54, 1.807) is 19.0 Å². The van der Waals surface area contributed by atoms with Crippen molar-refractivity contribution in [3.8, 4) is 5.75 Å². The summed E-state index contributed by atoms with van der Waals surface area (Å²) >= 11 is 6.40. The standard InChI is InChI=1S/C21H22ClN3O2/c1-12-23-19-17(25(12)4)11-15(21(26)24(2)3)13-9-10-18(27-20(13)19)14-7-5-6-8-16(14)22/h5-8,11,18H,9-10H2,1-4H3/t18-/m0/s1. The number of amides is 1. The Balaban J connectivity index is 1.91. The van der Waals surface area contributed by atoms with Gasteiger partial charge in [-0.1, -0.05) is 29.8 Å². The smallest absolute Gasteiger partial charge is 0.253 e. The van der Waals surface area contributed by atoms with Crippen LogP contribution in [0.25, 0.3) is 11.0 Å². The van der Waals surface area contributed by atoms with Crippen molar-refractivity contribution >= 4 is 28.5 Å². The van der Waals surface area contributed by atoms with Crippen LogP contribution < -0.4 is 4.74 Å². The van der Waals surface area contributed by atoms with Gasteiger partial charge in [-0.2, -0.15) is 0 Å². The van der Waals surface area contributed by atoms with Gasteiger partial charge in [-0.25, -0.2) is 4.98 Å². The second-order valence-corrected chi connectivity index (χ2v) is 7.59. The first kappa shape index (κ1) is 17.9.